The van der Waals surface area contributed by atoms with Crippen molar-refractivity contribution in [2.24, 2.45) is 5.92 Å². The van der Waals surface area contributed by atoms with E-state index in [0.717, 1.165) is 12.0 Å². The van der Waals surface area contributed by atoms with Gasteiger partial charge in [-0.15, -0.1) is 0 Å². The molecule has 3 rings (SSSR count). The van der Waals surface area contributed by atoms with Crippen LogP contribution in [0, 0.1) is 18.7 Å². The number of benzene rings is 2. The van der Waals surface area contributed by atoms with E-state index >= 15 is 0 Å². The van der Waals surface area contributed by atoms with Crippen LogP contribution in [0.3, 0.4) is 0 Å². The van der Waals surface area contributed by atoms with Gasteiger partial charge in [0.25, 0.3) is 5.91 Å². The summed E-state index contributed by atoms with van der Waals surface area (Å²) in [4.78, 5) is 27.3. The molecular formula is C22H23Cl2FN2O2. The van der Waals surface area contributed by atoms with Crippen LogP contribution in [0.15, 0.2) is 36.4 Å². The molecule has 1 aliphatic rings. The minimum absolute atomic E-state index is 0.0604. The second-order valence-corrected chi connectivity index (χ2v) is 8.29. The smallest absolute Gasteiger partial charge is 0.253 e. The number of carbonyl (C=O) groups is 2. The van der Waals surface area contributed by atoms with Gasteiger partial charge in [0, 0.05) is 23.7 Å². The number of amides is 2. The number of rotatable bonds is 4. The highest BCUT2D eigenvalue weighted by Gasteiger charge is 2.30. The Balaban J connectivity index is 1.66. The molecule has 1 heterocycles. The Hall–Kier alpha value is -2.11. The first-order valence-electron chi connectivity index (χ1n) is 9.57. The molecule has 0 spiro atoms. The van der Waals surface area contributed by atoms with E-state index in [1.165, 1.54) is 12.1 Å². The van der Waals surface area contributed by atoms with E-state index in [2.05, 4.69) is 5.32 Å². The van der Waals surface area contributed by atoms with Gasteiger partial charge in [-0.05, 0) is 56.5 Å². The third-order valence-electron chi connectivity index (χ3n) is 5.24. The summed E-state index contributed by atoms with van der Waals surface area (Å²) in [5.74, 6) is -1.15. The molecule has 1 N–H and O–H groups in total. The second kappa shape index (κ2) is 9.14. The van der Waals surface area contributed by atoms with Crippen molar-refractivity contribution in [3.8, 4) is 0 Å². The fraction of sp³-hybridized carbons (Fsp3) is 0.364. The van der Waals surface area contributed by atoms with Crippen LogP contribution in [0.1, 0.15) is 47.3 Å². The molecule has 0 bridgehead atoms. The Bertz CT molecular complexity index is 918. The molecule has 1 saturated heterocycles. The average Bonchev–Trinajstić information content (AvgIpc) is 2.70. The fourth-order valence-electron chi connectivity index (χ4n) is 3.53. The Morgan fingerprint density at radius 1 is 1.17 bits per heavy atom. The predicted octanol–water partition coefficient (Wildman–Crippen LogP) is 5.17. The van der Waals surface area contributed by atoms with Crippen molar-refractivity contribution in [3.05, 3.63) is 69.0 Å². The summed E-state index contributed by atoms with van der Waals surface area (Å²) < 4.78 is 13.8. The maximum absolute atomic E-state index is 13.8. The van der Waals surface area contributed by atoms with Crippen molar-refractivity contribution < 1.29 is 14.0 Å². The number of hydrogen-bond acceptors (Lipinski definition) is 2. The number of aryl methyl sites for hydroxylation is 1. The van der Waals surface area contributed by atoms with E-state index in [1.54, 1.807) is 24.0 Å². The van der Waals surface area contributed by atoms with Crippen LogP contribution in [0.4, 0.5) is 4.39 Å². The summed E-state index contributed by atoms with van der Waals surface area (Å²) in [5, 5.41) is 3.12. The second-order valence-electron chi connectivity index (χ2n) is 7.47. The predicted molar refractivity (Wildman–Crippen MR) is 113 cm³/mol. The van der Waals surface area contributed by atoms with Gasteiger partial charge in [-0.1, -0.05) is 40.9 Å². The van der Waals surface area contributed by atoms with Gasteiger partial charge in [-0.2, -0.15) is 0 Å². The van der Waals surface area contributed by atoms with Crippen LogP contribution in [-0.2, 0) is 4.79 Å². The first-order chi connectivity index (χ1) is 13.8. The molecule has 2 aromatic carbocycles. The van der Waals surface area contributed by atoms with E-state index < -0.39 is 11.9 Å². The Labute approximate surface area is 180 Å². The molecule has 154 valence electrons. The van der Waals surface area contributed by atoms with Crippen LogP contribution in [0.25, 0.3) is 0 Å². The van der Waals surface area contributed by atoms with Gasteiger partial charge in [0.15, 0.2) is 0 Å². The monoisotopic (exact) mass is 436 g/mol. The highest BCUT2D eigenvalue weighted by atomic mass is 35.5. The van der Waals surface area contributed by atoms with E-state index in [4.69, 9.17) is 23.2 Å². The molecule has 2 atom stereocenters. The highest BCUT2D eigenvalue weighted by Crippen LogP contribution is 2.29. The summed E-state index contributed by atoms with van der Waals surface area (Å²) >= 11 is 11.9. The quantitative estimate of drug-likeness (QED) is 0.671. The van der Waals surface area contributed by atoms with Crippen LogP contribution in [0.5, 0.6) is 0 Å². The first-order valence-corrected chi connectivity index (χ1v) is 10.3. The Kier molecular flexibility index (Phi) is 6.81. The first kappa shape index (κ1) is 21.6. The van der Waals surface area contributed by atoms with Crippen molar-refractivity contribution >= 4 is 35.0 Å². The largest absolute Gasteiger partial charge is 0.349 e. The Morgan fingerprint density at radius 2 is 1.86 bits per heavy atom. The van der Waals surface area contributed by atoms with Gasteiger partial charge in [-0.25, -0.2) is 4.39 Å². The number of piperidine rings is 1. The molecule has 2 amide bonds. The molecule has 2 unspecified atom stereocenters. The average molecular weight is 437 g/mol. The van der Waals surface area contributed by atoms with E-state index in [-0.39, 0.29) is 22.8 Å². The van der Waals surface area contributed by atoms with Crippen LogP contribution >= 0.6 is 23.2 Å². The standard InChI is InChI=1S/C22H23Cl2FN2O2/c1-13-5-7-15(8-6-13)22(29)27-9-3-4-16(12-27)21(28)26-14(2)17-10-20(25)19(24)11-18(17)23/h5-8,10-11,14,16H,3-4,9,12H2,1-2H3,(H,26,28). The molecule has 0 radical (unpaired) electrons. The minimum Gasteiger partial charge on any atom is -0.349 e. The summed E-state index contributed by atoms with van der Waals surface area (Å²) in [6.07, 6.45) is 1.44. The van der Waals surface area contributed by atoms with Crippen molar-refractivity contribution in [1.82, 2.24) is 10.2 Å². The summed E-state index contributed by atoms with van der Waals surface area (Å²) in [5.41, 5.74) is 2.17. The topological polar surface area (TPSA) is 49.4 Å². The number of nitrogens with one attached hydrogen (secondary N) is 1. The molecule has 1 fully saturated rings. The highest BCUT2D eigenvalue weighted by molar-refractivity contribution is 6.35. The van der Waals surface area contributed by atoms with Gasteiger partial charge in [0.05, 0.1) is 17.0 Å². The SMILES string of the molecule is Cc1ccc(C(=O)N2CCCC(C(=O)NC(C)c3cc(F)c(Cl)cc3Cl)C2)cc1. The van der Waals surface area contributed by atoms with Gasteiger partial charge in [-0.3, -0.25) is 9.59 Å². The molecule has 1 aliphatic heterocycles. The zero-order valence-corrected chi connectivity index (χ0v) is 17.9. The van der Waals surface area contributed by atoms with Gasteiger partial charge in [0.1, 0.15) is 5.82 Å². The maximum Gasteiger partial charge on any atom is 0.253 e. The molecule has 2 aromatic rings. The summed E-state index contributed by atoms with van der Waals surface area (Å²) in [6, 6.07) is 9.50. The zero-order valence-electron chi connectivity index (χ0n) is 16.3. The van der Waals surface area contributed by atoms with E-state index in [0.29, 0.717) is 35.7 Å². The third kappa shape index (κ3) is 5.09. The lowest BCUT2D eigenvalue weighted by Gasteiger charge is -2.33. The lowest BCUT2D eigenvalue weighted by molar-refractivity contribution is -0.127. The molecule has 7 heteroatoms. The number of likely N-dealkylation sites (tertiary alicyclic amines) is 1. The fourth-order valence-corrected chi connectivity index (χ4v) is 4.08. The van der Waals surface area contributed by atoms with Crippen molar-refractivity contribution in [1.29, 1.82) is 0 Å². The van der Waals surface area contributed by atoms with Crippen LogP contribution < -0.4 is 5.32 Å². The number of halogens is 3. The van der Waals surface area contributed by atoms with E-state index in [1.807, 2.05) is 19.1 Å². The van der Waals surface area contributed by atoms with Crippen molar-refractivity contribution in [3.63, 3.8) is 0 Å². The number of nitrogens with zero attached hydrogens (tertiary/aromatic N) is 1. The van der Waals surface area contributed by atoms with Crippen molar-refractivity contribution in [2.45, 2.75) is 32.7 Å². The van der Waals surface area contributed by atoms with Crippen molar-refractivity contribution in [2.75, 3.05) is 13.1 Å². The van der Waals surface area contributed by atoms with E-state index in [9.17, 15) is 14.0 Å². The molecule has 29 heavy (non-hydrogen) atoms. The van der Waals surface area contributed by atoms with Gasteiger partial charge < -0.3 is 10.2 Å². The van der Waals surface area contributed by atoms with Gasteiger partial charge >= 0.3 is 0 Å². The van der Waals surface area contributed by atoms with Crippen LogP contribution in [0.2, 0.25) is 10.0 Å². The molecular weight excluding hydrogens is 414 g/mol. The lowest BCUT2D eigenvalue weighted by atomic mass is 9.95. The third-order valence-corrected chi connectivity index (χ3v) is 5.86. The minimum atomic E-state index is -0.584. The number of hydrogen-bond donors (Lipinski definition) is 1. The normalized spacial score (nSPS) is 17.7. The van der Waals surface area contributed by atoms with Gasteiger partial charge in [0.2, 0.25) is 5.91 Å². The Morgan fingerprint density at radius 3 is 2.55 bits per heavy atom. The summed E-state index contributed by atoms with van der Waals surface area (Å²) in [6.45, 7) is 4.69. The molecule has 4 nitrogen and oxygen atoms in total. The zero-order chi connectivity index (χ0) is 21.1. The molecule has 0 aliphatic carbocycles. The lowest BCUT2D eigenvalue weighted by Crippen LogP contribution is -2.45. The summed E-state index contributed by atoms with van der Waals surface area (Å²) in [7, 11) is 0. The maximum atomic E-state index is 13.8. The number of carbonyl (C=O) groups excluding carboxylic acids is 2. The molecule has 0 saturated carbocycles. The van der Waals surface area contributed by atoms with Crippen LogP contribution in [-0.4, -0.2) is 29.8 Å². The molecule has 0 aromatic heterocycles.